The van der Waals surface area contributed by atoms with Gasteiger partial charge in [0, 0.05) is 6.04 Å². The van der Waals surface area contributed by atoms with Gasteiger partial charge in [0.2, 0.25) is 11.0 Å². The molecule has 1 saturated carbocycles. The Kier molecular flexibility index (Phi) is 4.57. The van der Waals surface area contributed by atoms with E-state index in [1.165, 1.54) is 30.6 Å². The largest absolute Gasteiger partial charge is 0.308 e. The standard InChI is InChI=1S/C15H18N4OS/c20-13(9-11-5-2-1-3-6-11)17-15-19-18-14(21-15)10-16-12-7-4-8-12/h1-3,5-6,12,16H,4,7-10H2,(H,17,19,20). The Labute approximate surface area is 127 Å². The summed E-state index contributed by atoms with van der Waals surface area (Å²) in [6.45, 7) is 0.733. The molecule has 2 aromatic rings. The molecule has 0 radical (unpaired) electrons. The molecule has 1 fully saturated rings. The second kappa shape index (κ2) is 6.78. The summed E-state index contributed by atoms with van der Waals surface area (Å²) < 4.78 is 0. The van der Waals surface area contributed by atoms with Gasteiger partial charge in [-0.2, -0.15) is 0 Å². The summed E-state index contributed by atoms with van der Waals surface area (Å²) in [4.78, 5) is 11.9. The van der Waals surface area contributed by atoms with E-state index in [0.29, 0.717) is 17.6 Å². The zero-order valence-corrected chi connectivity index (χ0v) is 12.5. The molecule has 1 aliphatic rings. The lowest BCUT2D eigenvalue weighted by Crippen LogP contribution is -2.34. The van der Waals surface area contributed by atoms with Gasteiger partial charge in [0.25, 0.3) is 0 Å². The van der Waals surface area contributed by atoms with Crippen molar-refractivity contribution in [2.24, 2.45) is 0 Å². The summed E-state index contributed by atoms with van der Waals surface area (Å²) >= 11 is 1.43. The lowest BCUT2D eigenvalue weighted by molar-refractivity contribution is -0.115. The number of carbonyl (C=O) groups is 1. The van der Waals surface area contributed by atoms with Crippen LogP contribution in [0, 0.1) is 0 Å². The third-order valence-electron chi connectivity index (χ3n) is 3.57. The maximum absolute atomic E-state index is 11.9. The van der Waals surface area contributed by atoms with Crippen molar-refractivity contribution >= 4 is 22.4 Å². The minimum Gasteiger partial charge on any atom is -0.308 e. The average Bonchev–Trinajstić information content (AvgIpc) is 2.85. The Bertz CT molecular complexity index is 595. The van der Waals surface area contributed by atoms with Crippen molar-refractivity contribution < 1.29 is 4.79 Å². The minimum absolute atomic E-state index is 0.0594. The van der Waals surface area contributed by atoms with E-state index in [2.05, 4.69) is 20.8 Å². The molecule has 0 aliphatic heterocycles. The van der Waals surface area contributed by atoms with Gasteiger partial charge in [0.15, 0.2) is 0 Å². The van der Waals surface area contributed by atoms with Crippen LogP contribution in [0.25, 0.3) is 0 Å². The zero-order valence-electron chi connectivity index (χ0n) is 11.7. The molecule has 6 heteroatoms. The maximum atomic E-state index is 11.9. The fraction of sp³-hybridized carbons (Fsp3) is 0.400. The molecule has 2 N–H and O–H groups in total. The van der Waals surface area contributed by atoms with Crippen LogP contribution in [0.3, 0.4) is 0 Å². The first-order valence-corrected chi connectivity index (χ1v) is 8.01. The summed E-state index contributed by atoms with van der Waals surface area (Å²) in [5.74, 6) is -0.0594. The summed E-state index contributed by atoms with van der Waals surface area (Å²) in [6, 6.07) is 10.3. The molecule has 3 rings (SSSR count). The van der Waals surface area contributed by atoms with E-state index >= 15 is 0 Å². The number of benzene rings is 1. The van der Waals surface area contributed by atoms with Gasteiger partial charge in [-0.15, -0.1) is 10.2 Å². The normalized spacial score (nSPS) is 14.7. The number of anilines is 1. The second-order valence-corrected chi connectivity index (χ2v) is 6.28. The van der Waals surface area contributed by atoms with Gasteiger partial charge in [0.05, 0.1) is 13.0 Å². The lowest BCUT2D eigenvalue weighted by Gasteiger charge is -2.25. The molecule has 1 aliphatic carbocycles. The number of amides is 1. The van der Waals surface area contributed by atoms with Crippen LogP contribution in [0.1, 0.15) is 29.8 Å². The molecule has 21 heavy (non-hydrogen) atoms. The average molecular weight is 302 g/mol. The van der Waals surface area contributed by atoms with E-state index in [0.717, 1.165) is 17.1 Å². The van der Waals surface area contributed by atoms with Gasteiger partial charge in [-0.25, -0.2) is 0 Å². The molecule has 1 aromatic heterocycles. The number of rotatable bonds is 6. The van der Waals surface area contributed by atoms with E-state index < -0.39 is 0 Å². The molecule has 0 unspecified atom stereocenters. The number of carbonyl (C=O) groups excluding carboxylic acids is 1. The molecule has 1 amide bonds. The predicted octanol–water partition coefficient (Wildman–Crippen LogP) is 2.36. The van der Waals surface area contributed by atoms with E-state index in [4.69, 9.17) is 0 Å². The smallest absolute Gasteiger partial charge is 0.230 e. The number of hydrogen-bond donors (Lipinski definition) is 2. The van der Waals surface area contributed by atoms with Gasteiger partial charge >= 0.3 is 0 Å². The van der Waals surface area contributed by atoms with Crippen LogP contribution < -0.4 is 10.6 Å². The molecule has 0 bridgehead atoms. The van der Waals surface area contributed by atoms with Crippen LogP contribution in [0.4, 0.5) is 5.13 Å². The van der Waals surface area contributed by atoms with Gasteiger partial charge in [-0.3, -0.25) is 4.79 Å². The van der Waals surface area contributed by atoms with Crippen molar-refractivity contribution in [3.63, 3.8) is 0 Å². The Hall–Kier alpha value is -1.79. The number of hydrogen-bond acceptors (Lipinski definition) is 5. The molecule has 5 nitrogen and oxygen atoms in total. The number of nitrogens with zero attached hydrogens (tertiary/aromatic N) is 2. The first-order chi connectivity index (χ1) is 10.3. The van der Waals surface area contributed by atoms with Gasteiger partial charge < -0.3 is 10.6 Å². The molecular weight excluding hydrogens is 284 g/mol. The SMILES string of the molecule is O=C(Cc1ccccc1)Nc1nnc(CNC2CCC2)s1. The Balaban J connectivity index is 1.48. The van der Waals surface area contributed by atoms with Crippen molar-refractivity contribution in [2.75, 3.05) is 5.32 Å². The van der Waals surface area contributed by atoms with Crippen LogP contribution >= 0.6 is 11.3 Å². The van der Waals surface area contributed by atoms with Gasteiger partial charge in [-0.05, 0) is 18.4 Å². The van der Waals surface area contributed by atoms with Crippen molar-refractivity contribution in [1.29, 1.82) is 0 Å². The highest BCUT2D eigenvalue weighted by Crippen LogP contribution is 2.20. The molecule has 0 spiro atoms. The number of nitrogens with one attached hydrogen (secondary N) is 2. The fourth-order valence-corrected chi connectivity index (χ4v) is 2.87. The Morgan fingerprint density at radius 3 is 2.76 bits per heavy atom. The topological polar surface area (TPSA) is 66.9 Å². The van der Waals surface area contributed by atoms with Crippen molar-refractivity contribution in [3.8, 4) is 0 Å². The molecular formula is C15H18N4OS. The molecule has 0 atom stereocenters. The highest BCUT2D eigenvalue weighted by Gasteiger charge is 2.17. The van der Waals surface area contributed by atoms with Gasteiger partial charge in [-0.1, -0.05) is 48.1 Å². The quantitative estimate of drug-likeness (QED) is 0.859. The lowest BCUT2D eigenvalue weighted by atomic mass is 9.93. The van der Waals surface area contributed by atoms with Crippen LogP contribution in [0.2, 0.25) is 0 Å². The second-order valence-electron chi connectivity index (χ2n) is 5.22. The Morgan fingerprint density at radius 2 is 2.05 bits per heavy atom. The van der Waals surface area contributed by atoms with Crippen molar-refractivity contribution in [1.82, 2.24) is 15.5 Å². The first-order valence-electron chi connectivity index (χ1n) is 7.19. The fourth-order valence-electron chi connectivity index (χ4n) is 2.16. The van der Waals surface area contributed by atoms with E-state index in [1.807, 2.05) is 30.3 Å². The van der Waals surface area contributed by atoms with E-state index in [1.54, 1.807) is 0 Å². The molecule has 1 heterocycles. The van der Waals surface area contributed by atoms with Crippen LogP contribution in [-0.2, 0) is 17.8 Å². The third kappa shape index (κ3) is 4.09. The van der Waals surface area contributed by atoms with Crippen LogP contribution in [0.15, 0.2) is 30.3 Å². The molecule has 0 saturated heterocycles. The van der Waals surface area contributed by atoms with Crippen molar-refractivity contribution in [2.45, 2.75) is 38.3 Å². The number of aromatic nitrogens is 2. The molecule has 1 aromatic carbocycles. The molecule has 110 valence electrons. The van der Waals surface area contributed by atoms with Crippen LogP contribution in [0.5, 0.6) is 0 Å². The van der Waals surface area contributed by atoms with E-state index in [-0.39, 0.29) is 5.91 Å². The van der Waals surface area contributed by atoms with Crippen LogP contribution in [-0.4, -0.2) is 22.1 Å². The highest BCUT2D eigenvalue weighted by atomic mass is 32.1. The van der Waals surface area contributed by atoms with Gasteiger partial charge in [0.1, 0.15) is 5.01 Å². The van der Waals surface area contributed by atoms with Crippen molar-refractivity contribution in [3.05, 3.63) is 40.9 Å². The summed E-state index contributed by atoms with van der Waals surface area (Å²) in [7, 11) is 0. The monoisotopic (exact) mass is 302 g/mol. The Morgan fingerprint density at radius 1 is 1.24 bits per heavy atom. The third-order valence-corrected chi connectivity index (χ3v) is 4.41. The van der Waals surface area contributed by atoms with E-state index in [9.17, 15) is 4.79 Å². The minimum atomic E-state index is -0.0594. The predicted molar refractivity (Wildman–Crippen MR) is 83.2 cm³/mol. The zero-order chi connectivity index (χ0) is 14.5. The maximum Gasteiger partial charge on any atom is 0.230 e. The summed E-state index contributed by atoms with van der Waals surface area (Å²) in [5, 5.41) is 15.8. The highest BCUT2D eigenvalue weighted by molar-refractivity contribution is 7.15. The first kappa shape index (κ1) is 14.2. The summed E-state index contributed by atoms with van der Waals surface area (Å²) in [6.07, 6.45) is 4.17. The summed E-state index contributed by atoms with van der Waals surface area (Å²) in [5.41, 5.74) is 0.992.